The van der Waals surface area contributed by atoms with Crippen molar-refractivity contribution in [2.45, 2.75) is 26.7 Å². The molecule has 120 valence electrons. The number of ether oxygens (including phenoxy) is 1. The summed E-state index contributed by atoms with van der Waals surface area (Å²) in [5.74, 6) is -0.156. The van der Waals surface area contributed by atoms with Crippen LogP contribution in [-0.2, 0) is 9.59 Å². The summed E-state index contributed by atoms with van der Waals surface area (Å²) < 4.78 is 5.83. The van der Waals surface area contributed by atoms with Crippen LogP contribution in [0.2, 0.25) is 0 Å². The van der Waals surface area contributed by atoms with E-state index in [1.807, 2.05) is 32.0 Å². The highest BCUT2D eigenvalue weighted by atomic mass is 16.5. The van der Waals surface area contributed by atoms with Crippen molar-refractivity contribution in [2.75, 3.05) is 5.32 Å². The lowest BCUT2D eigenvalue weighted by molar-refractivity contribution is -0.305. The third kappa shape index (κ3) is 4.85. The second-order valence-corrected chi connectivity index (χ2v) is 5.24. The first-order valence-corrected chi connectivity index (χ1v) is 7.29. The Morgan fingerprint density at radius 1 is 1.04 bits per heavy atom. The second-order valence-electron chi connectivity index (χ2n) is 5.24. The third-order valence-corrected chi connectivity index (χ3v) is 3.48. The number of hydrogen-bond acceptors (Lipinski definition) is 4. The van der Waals surface area contributed by atoms with Crippen LogP contribution in [0.15, 0.2) is 42.5 Å². The van der Waals surface area contributed by atoms with E-state index >= 15 is 0 Å². The molecule has 0 aromatic heterocycles. The first-order valence-electron chi connectivity index (χ1n) is 7.29. The van der Waals surface area contributed by atoms with Crippen LogP contribution in [0.1, 0.15) is 24.0 Å². The van der Waals surface area contributed by atoms with Crippen LogP contribution in [0.3, 0.4) is 0 Å². The number of carboxylic acids is 1. The van der Waals surface area contributed by atoms with Crippen molar-refractivity contribution in [1.29, 1.82) is 0 Å². The molecule has 0 aliphatic heterocycles. The minimum atomic E-state index is -1.24. The Hall–Kier alpha value is -2.82. The van der Waals surface area contributed by atoms with Gasteiger partial charge in [-0.1, -0.05) is 12.1 Å². The predicted octanol–water partition coefficient (Wildman–Crippen LogP) is 2.56. The summed E-state index contributed by atoms with van der Waals surface area (Å²) in [5.41, 5.74) is 2.81. The maximum atomic E-state index is 11.5. The Kier molecular flexibility index (Phi) is 5.36. The molecule has 0 heterocycles. The number of carbonyl (C=O) groups is 2. The predicted molar refractivity (Wildman–Crippen MR) is 85.3 cm³/mol. The van der Waals surface area contributed by atoms with Crippen molar-refractivity contribution < 1.29 is 19.4 Å². The molecule has 1 N–H and O–H groups in total. The summed E-state index contributed by atoms with van der Waals surface area (Å²) >= 11 is 0. The highest BCUT2D eigenvalue weighted by Crippen LogP contribution is 2.27. The van der Waals surface area contributed by atoms with Crippen LogP contribution in [0.25, 0.3) is 0 Å². The lowest BCUT2D eigenvalue weighted by Gasteiger charge is -2.11. The van der Waals surface area contributed by atoms with Crippen molar-refractivity contribution in [2.24, 2.45) is 0 Å². The van der Waals surface area contributed by atoms with Gasteiger partial charge in [-0.25, -0.2) is 0 Å². The number of rotatable bonds is 6. The number of carboxylic acid groups (broad SMARTS) is 1. The Morgan fingerprint density at radius 2 is 1.74 bits per heavy atom. The van der Waals surface area contributed by atoms with Gasteiger partial charge in [0.25, 0.3) is 0 Å². The number of hydrogen-bond donors (Lipinski definition) is 1. The van der Waals surface area contributed by atoms with Crippen molar-refractivity contribution in [1.82, 2.24) is 0 Å². The standard InChI is InChI=1S/C18H19NO4/c1-12-4-3-5-16(13(12)2)23-15-8-6-14(7-9-15)19-17(20)10-11-18(21)22/h3-9H,10-11H2,1-2H3,(H,19,20)(H,21,22)/p-1. The maximum Gasteiger partial charge on any atom is 0.224 e. The average Bonchev–Trinajstić information content (AvgIpc) is 2.52. The SMILES string of the molecule is Cc1cccc(Oc2ccc(NC(=O)CCC(=O)[O-])cc2)c1C. The van der Waals surface area contributed by atoms with E-state index in [1.54, 1.807) is 24.3 Å². The molecule has 2 rings (SSSR count). The van der Waals surface area contributed by atoms with Crippen LogP contribution in [-0.4, -0.2) is 11.9 Å². The van der Waals surface area contributed by atoms with Gasteiger partial charge in [0, 0.05) is 18.1 Å². The zero-order valence-electron chi connectivity index (χ0n) is 13.1. The molecule has 23 heavy (non-hydrogen) atoms. The monoisotopic (exact) mass is 312 g/mol. The van der Waals surface area contributed by atoms with Crippen LogP contribution >= 0.6 is 0 Å². The number of aliphatic carboxylic acids is 1. The first kappa shape index (κ1) is 16.5. The molecule has 2 aromatic rings. The smallest absolute Gasteiger partial charge is 0.224 e. The molecule has 0 saturated heterocycles. The fourth-order valence-corrected chi connectivity index (χ4v) is 2.01. The Bertz CT molecular complexity index is 707. The van der Waals surface area contributed by atoms with E-state index in [0.717, 1.165) is 16.9 Å². The molecule has 0 spiro atoms. The fraction of sp³-hybridized carbons (Fsp3) is 0.222. The average molecular weight is 312 g/mol. The van der Waals surface area contributed by atoms with E-state index in [-0.39, 0.29) is 18.7 Å². The minimum absolute atomic E-state index is 0.108. The Balaban J connectivity index is 1.98. The number of nitrogens with one attached hydrogen (secondary N) is 1. The van der Waals surface area contributed by atoms with Crippen LogP contribution in [0.4, 0.5) is 5.69 Å². The molecule has 0 saturated carbocycles. The van der Waals surface area contributed by atoms with E-state index in [1.165, 1.54) is 0 Å². The van der Waals surface area contributed by atoms with Crippen molar-refractivity contribution in [3.05, 3.63) is 53.6 Å². The molecular formula is C18H18NO4-. The van der Waals surface area contributed by atoms with E-state index in [4.69, 9.17) is 4.74 Å². The molecule has 0 fully saturated rings. The summed E-state index contributed by atoms with van der Waals surface area (Å²) in [5, 5.41) is 12.9. The zero-order valence-corrected chi connectivity index (χ0v) is 13.1. The van der Waals surface area contributed by atoms with Crippen LogP contribution in [0.5, 0.6) is 11.5 Å². The summed E-state index contributed by atoms with van der Waals surface area (Å²) in [6, 6.07) is 12.8. The van der Waals surface area contributed by atoms with Crippen LogP contribution < -0.4 is 15.2 Å². The van der Waals surface area contributed by atoms with Gasteiger partial charge in [0.05, 0.1) is 0 Å². The minimum Gasteiger partial charge on any atom is -0.550 e. The third-order valence-electron chi connectivity index (χ3n) is 3.48. The molecule has 0 aliphatic carbocycles. The van der Waals surface area contributed by atoms with E-state index in [0.29, 0.717) is 11.4 Å². The zero-order chi connectivity index (χ0) is 16.8. The number of benzene rings is 2. The van der Waals surface area contributed by atoms with Crippen molar-refractivity contribution in [3.8, 4) is 11.5 Å². The van der Waals surface area contributed by atoms with Gasteiger partial charge in [0.2, 0.25) is 5.91 Å². The first-order chi connectivity index (χ1) is 11.0. The summed E-state index contributed by atoms with van der Waals surface area (Å²) in [7, 11) is 0. The topological polar surface area (TPSA) is 78.5 Å². The molecule has 5 nitrogen and oxygen atoms in total. The number of amides is 1. The molecule has 0 unspecified atom stereocenters. The highest BCUT2D eigenvalue weighted by molar-refractivity contribution is 5.92. The Labute approximate surface area is 134 Å². The highest BCUT2D eigenvalue weighted by Gasteiger charge is 2.05. The van der Waals surface area contributed by atoms with Crippen molar-refractivity contribution in [3.63, 3.8) is 0 Å². The van der Waals surface area contributed by atoms with E-state index in [9.17, 15) is 14.7 Å². The molecule has 0 atom stereocenters. The van der Waals surface area contributed by atoms with Crippen molar-refractivity contribution >= 4 is 17.6 Å². The Morgan fingerprint density at radius 3 is 2.39 bits per heavy atom. The molecular weight excluding hydrogens is 294 g/mol. The van der Waals surface area contributed by atoms with Gasteiger partial charge in [0.1, 0.15) is 11.5 Å². The maximum absolute atomic E-state index is 11.5. The fourth-order valence-electron chi connectivity index (χ4n) is 2.01. The quantitative estimate of drug-likeness (QED) is 0.889. The molecule has 0 bridgehead atoms. The van der Waals surface area contributed by atoms with Gasteiger partial charge in [0.15, 0.2) is 0 Å². The van der Waals surface area contributed by atoms with Gasteiger partial charge in [-0.15, -0.1) is 0 Å². The normalized spacial score (nSPS) is 10.2. The van der Waals surface area contributed by atoms with Gasteiger partial charge in [-0.05, 0) is 61.7 Å². The number of aryl methyl sites for hydroxylation is 1. The van der Waals surface area contributed by atoms with Gasteiger partial charge >= 0.3 is 0 Å². The van der Waals surface area contributed by atoms with Gasteiger partial charge in [-0.2, -0.15) is 0 Å². The molecule has 1 amide bonds. The summed E-state index contributed by atoms with van der Waals surface area (Å²) in [4.78, 5) is 21.9. The lowest BCUT2D eigenvalue weighted by atomic mass is 10.1. The summed E-state index contributed by atoms with van der Waals surface area (Å²) in [6.45, 7) is 4.02. The lowest BCUT2D eigenvalue weighted by Crippen LogP contribution is -2.24. The molecule has 2 aromatic carbocycles. The van der Waals surface area contributed by atoms with E-state index in [2.05, 4.69) is 5.32 Å². The largest absolute Gasteiger partial charge is 0.550 e. The van der Waals surface area contributed by atoms with Gasteiger partial charge in [-0.3, -0.25) is 4.79 Å². The van der Waals surface area contributed by atoms with Crippen LogP contribution in [0, 0.1) is 13.8 Å². The second kappa shape index (κ2) is 7.45. The van der Waals surface area contributed by atoms with Gasteiger partial charge < -0.3 is 20.0 Å². The molecule has 0 radical (unpaired) electrons. The molecule has 5 heteroatoms. The summed E-state index contributed by atoms with van der Waals surface area (Å²) in [6.07, 6.45) is -0.400. The number of anilines is 1. The number of carbonyl (C=O) groups excluding carboxylic acids is 2. The molecule has 0 aliphatic rings. The van der Waals surface area contributed by atoms with E-state index < -0.39 is 5.97 Å².